The molecular weight excluding hydrogens is 550 g/mol. The summed E-state index contributed by atoms with van der Waals surface area (Å²) in [6.07, 6.45) is 28.5. The number of carbonyl (C=O) groups excluding carboxylic acids is 1. The molecule has 0 heterocycles. The lowest BCUT2D eigenvalue weighted by Crippen LogP contribution is -2.51. The minimum absolute atomic E-state index is 0.236. The van der Waals surface area contributed by atoms with Gasteiger partial charge in [0.1, 0.15) is 0 Å². The van der Waals surface area contributed by atoms with Gasteiger partial charge in [-0.15, -0.1) is 0 Å². The molecule has 4 rings (SSSR count). The van der Waals surface area contributed by atoms with Crippen LogP contribution in [0.3, 0.4) is 0 Å². The number of fused-ring (bicyclic) bond motifs is 5. The van der Waals surface area contributed by atoms with Gasteiger partial charge in [0.25, 0.3) is 0 Å². The maximum atomic E-state index is 12.2. The molecule has 3 heteroatoms. The molecular formula is C42H75NO2. The highest BCUT2D eigenvalue weighted by Crippen LogP contribution is 2.67. The molecule has 0 aromatic rings. The van der Waals surface area contributed by atoms with Crippen LogP contribution in [0.4, 0.5) is 0 Å². The summed E-state index contributed by atoms with van der Waals surface area (Å²) in [4.78, 5) is 12.2. The predicted molar refractivity (Wildman–Crippen MR) is 192 cm³/mol. The first-order valence-corrected chi connectivity index (χ1v) is 20.1. The molecule has 0 aromatic carbocycles. The summed E-state index contributed by atoms with van der Waals surface area (Å²) in [7, 11) is 0. The second kappa shape index (κ2) is 17.5. The molecule has 0 bridgehead atoms. The van der Waals surface area contributed by atoms with E-state index in [4.69, 9.17) is 4.74 Å². The van der Waals surface area contributed by atoms with Crippen molar-refractivity contribution in [2.24, 2.45) is 52.3 Å². The van der Waals surface area contributed by atoms with Crippen molar-refractivity contribution in [1.29, 1.82) is 0 Å². The van der Waals surface area contributed by atoms with Crippen LogP contribution in [0.2, 0.25) is 0 Å². The normalized spacial score (nSPS) is 33.4. The number of hydrogen-bond donors (Lipinski definition) is 1. The quantitative estimate of drug-likeness (QED) is 0.115. The number of carbonyl (C=O) groups is 1. The van der Waals surface area contributed by atoms with Crippen molar-refractivity contribution < 1.29 is 9.53 Å². The van der Waals surface area contributed by atoms with Crippen molar-refractivity contribution >= 4 is 5.91 Å². The third-order valence-electron chi connectivity index (χ3n) is 13.7. The van der Waals surface area contributed by atoms with Crippen LogP contribution < -0.4 is 5.32 Å². The third-order valence-corrected chi connectivity index (χ3v) is 13.7. The average Bonchev–Trinajstić information content (AvgIpc) is 3.35. The Morgan fingerprint density at radius 3 is 2.33 bits per heavy atom. The number of ether oxygens (including phenoxy) is 1. The fourth-order valence-corrected chi connectivity index (χ4v) is 11.0. The van der Waals surface area contributed by atoms with Crippen molar-refractivity contribution in [3.8, 4) is 0 Å². The zero-order chi connectivity index (χ0) is 32.5. The fraction of sp³-hybridized carbons (Fsp3) is 0.929. The summed E-state index contributed by atoms with van der Waals surface area (Å²) in [5.74, 6) is 6.47. The molecule has 8 atom stereocenters. The predicted octanol–water partition coefficient (Wildman–Crippen LogP) is 11.7. The Kier molecular flexibility index (Phi) is 14.4. The van der Waals surface area contributed by atoms with Gasteiger partial charge < -0.3 is 10.1 Å². The summed E-state index contributed by atoms with van der Waals surface area (Å²) in [6, 6.07) is 0. The summed E-state index contributed by atoms with van der Waals surface area (Å²) < 4.78 is 6.48. The van der Waals surface area contributed by atoms with E-state index < -0.39 is 0 Å². The van der Waals surface area contributed by atoms with Gasteiger partial charge in [0.15, 0.2) is 0 Å². The molecule has 3 saturated carbocycles. The molecule has 4 aliphatic carbocycles. The lowest BCUT2D eigenvalue weighted by molar-refractivity contribution is -0.121. The molecule has 3 nitrogen and oxygen atoms in total. The molecule has 0 aliphatic heterocycles. The molecule has 0 radical (unpaired) electrons. The van der Waals surface area contributed by atoms with E-state index in [2.05, 4.69) is 59.9 Å². The third kappa shape index (κ3) is 9.85. The molecule has 3 fully saturated rings. The number of unbranched alkanes of at least 4 members (excludes halogenated alkanes) is 5. The van der Waals surface area contributed by atoms with Gasteiger partial charge >= 0.3 is 0 Å². The number of amides is 1. The SMILES string of the molecule is CC(C)CCCCCCNC(=O)CCCCCO[C@H]1CC[C@@]2(C)C(=CC[C@H]3[C@@H]4CC[C@H]([C@H](C)CCCC(C)C)C4(C)CC[C@@H]32)C1. The molecule has 1 amide bonds. The van der Waals surface area contributed by atoms with E-state index in [0.29, 0.717) is 23.4 Å². The van der Waals surface area contributed by atoms with Gasteiger partial charge in [-0.25, -0.2) is 0 Å². The van der Waals surface area contributed by atoms with E-state index in [0.717, 1.165) is 86.7 Å². The van der Waals surface area contributed by atoms with Crippen LogP contribution in [0.25, 0.3) is 0 Å². The summed E-state index contributed by atoms with van der Waals surface area (Å²) >= 11 is 0. The molecule has 1 unspecified atom stereocenters. The first-order valence-electron chi connectivity index (χ1n) is 20.1. The Hall–Kier alpha value is -0.830. The summed E-state index contributed by atoms with van der Waals surface area (Å²) in [6.45, 7) is 19.0. The highest BCUT2D eigenvalue weighted by Gasteiger charge is 2.59. The van der Waals surface area contributed by atoms with Crippen LogP contribution in [0, 0.1) is 52.3 Å². The Bertz CT molecular complexity index is 924. The lowest BCUT2D eigenvalue weighted by atomic mass is 9.47. The van der Waals surface area contributed by atoms with Gasteiger partial charge in [-0.3, -0.25) is 4.79 Å². The number of allylic oxidation sites excluding steroid dienone is 1. The van der Waals surface area contributed by atoms with Crippen LogP contribution in [-0.4, -0.2) is 25.2 Å². The number of hydrogen-bond acceptors (Lipinski definition) is 2. The summed E-state index contributed by atoms with van der Waals surface area (Å²) in [5.41, 5.74) is 2.73. The molecule has 0 aromatic heterocycles. The van der Waals surface area contributed by atoms with Gasteiger partial charge in [0, 0.05) is 19.6 Å². The van der Waals surface area contributed by atoms with Crippen molar-refractivity contribution in [2.75, 3.05) is 13.2 Å². The highest BCUT2D eigenvalue weighted by molar-refractivity contribution is 5.75. The first-order chi connectivity index (χ1) is 21.5. The second-order valence-electron chi connectivity index (χ2n) is 17.8. The Balaban J connectivity index is 1.13. The van der Waals surface area contributed by atoms with E-state index in [1.54, 1.807) is 5.57 Å². The molecule has 45 heavy (non-hydrogen) atoms. The monoisotopic (exact) mass is 626 g/mol. The average molecular weight is 626 g/mol. The second-order valence-corrected chi connectivity index (χ2v) is 17.8. The van der Waals surface area contributed by atoms with Crippen molar-refractivity contribution in [2.45, 2.75) is 183 Å². The first kappa shape index (κ1) is 37.0. The van der Waals surface area contributed by atoms with Crippen molar-refractivity contribution in [1.82, 2.24) is 5.32 Å². The van der Waals surface area contributed by atoms with E-state index in [-0.39, 0.29) is 5.91 Å². The van der Waals surface area contributed by atoms with Crippen LogP contribution in [-0.2, 0) is 9.53 Å². The van der Waals surface area contributed by atoms with Gasteiger partial charge in [-0.1, -0.05) is 111 Å². The Labute approximate surface area is 280 Å². The van der Waals surface area contributed by atoms with E-state index >= 15 is 0 Å². The number of nitrogens with one attached hydrogen (secondary N) is 1. The van der Waals surface area contributed by atoms with E-state index in [9.17, 15) is 4.79 Å². The number of rotatable bonds is 19. The molecule has 0 saturated heterocycles. The largest absolute Gasteiger partial charge is 0.378 e. The van der Waals surface area contributed by atoms with Crippen LogP contribution >= 0.6 is 0 Å². The van der Waals surface area contributed by atoms with Gasteiger partial charge in [0.2, 0.25) is 5.91 Å². The Morgan fingerprint density at radius 1 is 0.822 bits per heavy atom. The van der Waals surface area contributed by atoms with Crippen LogP contribution in [0.1, 0.15) is 177 Å². The zero-order valence-electron chi connectivity index (χ0n) is 31.1. The summed E-state index contributed by atoms with van der Waals surface area (Å²) in [5, 5.41) is 3.13. The highest BCUT2D eigenvalue weighted by atomic mass is 16.5. The van der Waals surface area contributed by atoms with E-state index in [1.165, 1.54) is 89.9 Å². The Morgan fingerprint density at radius 2 is 1.56 bits per heavy atom. The van der Waals surface area contributed by atoms with Gasteiger partial charge in [-0.2, -0.15) is 0 Å². The maximum Gasteiger partial charge on any atom is 0.219 e. The fourth-order valence-electron chi connectivity index (χ4n) is 11.0. The van der Waals surface area contributed by atoms with Gasteiger partial charge in [-0.05, 0) is 123 Å². The van der Waals surface area contributed by atoms with Crippen LogP contribution in [0.15, 0.2) is 11.6 Å². The maximum absolute atomic E-state index is 12.2. The smallest absolute Gasteiger partial charge is 0.219 e. The zero-order valence-corrected chi connectivity index (χ0v) is 31.1. The molecule has 0 spiro atoms. The van der Waals surface area contributed by atoms with E-state index in [1.807, 2.05) is 0 Å². The minimum atomic E-state index is 0.236. The minimum Gasteiger partial charge on any atom is -0.378 e. The van der Waals surface area contributed by atoms with Crippen LogP contribution in [0.5, 0.6) is 0 Å². The van der Waals surface area contributed by atoms with Gasteiger partial charge in [0.05, 0.1) is 6.10 Å². The lowest BCUT2D eigenvalue weighted by Gasteiger charge is -2.58. The standard InChI is InChI=1S/C42H75NO2/c1-31(2)16-11-8-9-13-28-43-40(44)19-12-10-14-29-45-35-24-26-41(6)34(30-35)20-21-36-38-23-22-37(33(5)18-15-17-32(3)4)42(38,7)27-25-39(36)41/h20,31-33,35-39H,8-19,21-30H2,1-7H3,(H,43,44)/t33-,35+,36+,37-,38+,39+,41+,42?/m1/s1. The van der Waals surface area contributed by atoms with Crippen molar-refractivity contribution in [3.05, 3.63) is 11.6 Å². The molecule has 260 valence electrons. The van der Waals surface area contributed by atoms with Crippen molar-refractivity contribution in [3.63, 3.8) is 0 Å². The topological polar surface area (TPSA) is 38.3 Å². The molecule has 1 N–H and O–H groups in total. The molecule has 4 aliphatic rings.